The normalized spacial score (nSPS) is 14.5. The lowest BCUT2D eigenvalue weighted by molar-refractivity contribution is -0.155. The van der Waals surface area contributed by atoms with Crippen molar-refractivity contribution in [2.24, 2.45) is 0 Å². The Morgan fingerprint density at radius 3 is 2.34 bits per heavy atom. The first-order valence-electron chi connectivity index (χ1n) is 15.1. The van der Waals surface area contributed by atoms with Crippen LogP contribution in [-0.2, 0) is 30.2 Å². The molecule has 3 rings (SSSR count). The average molecular weight is 612 g/mol. The first kappa shape index (κ1) is 34.6. The van der Waals surface area contributed by atoms with Crippen LogP contribution < -0.4 is 10.6 Å². The molecule has 2 heterocycles. The summed E-state index contributed by atoms with van der Waals surface area (Å²) < 4.78 is 16.3. The molecule has 12 nitrogen and oxygen atoms in total. The number of ether oxygens (including phenoxy) is 3. The zero-order valence-electron chi connectivity index (χ0n) is 26.6. The highest BCUT2D eigenvalue weighted by Gasteiger charge is 2.30. The van der Waals surface area contributed by atoms with Crippen LogP contribution in [-0.4, -0.2) is 88.8 Å². The van der Waals surface area contributed by atoms with Gasteiger partial charge in [0.15, 0.2) is 5.82 Å². The molecule has 0 saturated carbocycles. The molecule has 0 aliphatic carbocycles. The third kappa shape index (κ3) is 11.3. The minimum Gasteiger partial charge on any atom is -0.460 e. The van der Waals surface area contributed by atoms with Crippen LogP contribution in [0.25, 0.3) is 11.4 Å². The molecule has 1 aliphatic heterocycles. The molecule has 0 bridgehead atoms. The monoisotopic (exact) mass is 611 g/mol. The second kappa shape index (κ2) is 15.7. The Labute approximate surface area is 259 Å². The number of aromatic nitrogens is 2. The summed E-state index contributed by atoms with van der Waals surface area (Å²) in [5.74, 6) is -1.84. The summed E-state index contributed by atoms with van der Waals surface area (Å²) in [5, 5.41) is 5.76. The van der Waals surface area contributed by atoms with E-state index in [9.17, 15) is 19.2 Å². The Bertz CT molecular complexity index is 1290. The van der Waals surface area contributed by atoms with E-state index in [1.165, 1.54) is 4.90 Å². The largest absolute Gasteiger partial charge is 0.460 e. The molecule has 1 aromatic heterocycles. The molecule has 240 valence electrons. The molecule has 0 spiro atoms. The van der Waals surface area contributed by atoms with E-state index in [4.69, 9.17) is 19.2 Å². The molecular formula is C32H45N5O7. The van der Waals surface area contributed by atoms with Crippen molar-refractivity contribution in [2.45, 2.75) is 84.5 Å². The predicted molar refractivity (Wildman–Crippen MR) is 164 cm³/mol. The van der Waals surface area contributed by atoms with Crippen molar-refractivity contribution in [1.82, 2.24) is 25.5 Å². The molecule has 1 fully saturated rings. The molecule has 1 aliphatic rings. The number of hydrogen-bond donors (Lipinski definition) is 2. The van der Waals surface area contributed by atoms with Crippen molar-refractivity contribution in [2.75, 3.05) is 32.8 Å². The Morgan fingerprint density at radius 1 is 1.02 bits per heavy atom. The number of benzene rings is 1. The maximum Gasteiger partial charge on any atom is 0.417 e. The second-order valence-corrected chi connectivity index (χ2v) is 12.2. The number of amides is 2. The van der Waals surface area contributed by atoms with Crippen molar-refractivity contribution < 1.29 is 33.4 Å². The molecule has 2 amide bonds. The van der Waals surface area contributed by atoms with E-state index in [0.717, 1.165) is 5.56 Å². The third-order valence-electron chi connectivity index (χ3n) is 6.77. The highest BCUT2D eigenvalue weighted by molar-refractivity contribution is 5.97. The van der Waals surface area contributed by atoms with E-state index in [-0.39, 0.29) is 18.5 Å². The van der Waals surface area contributed by atoms with Crippen molar-refractivity contribution in [3.05, 3.63) is 47.8 Å². The summed E-state index contributed by atoms with van der Waals surface area (Å²) in [4.78, 5) is 62.5. The topological polar surface area (TPSA) is 149 Å². The van der Waals surface area contributed by atoms with Crippen LogP contribution in [0.5, 0.6) is 0 Å². The van der Waals surface area contributed by atoms with Crippen LogP contribution in [0.2, 0.25) is 0 Å². The highest BCUT2D eigenvalue weighted by Crippen LogP contribution is 2.21. The van der Waals surface area contributed by atoms with E-state index in [1.807, 2.05) is 51.1 Å². The number of nitrogens with one attached hydrogen (secondary N) is 2. The fourth-order valence-corrected chi connectivity index (χ4v) is 4.56. The molecule has 44 heavy (non-hydrogen) atoms. The van der Waals surface area contributed by atoms with Gasteiger partial charge in [0.25, 0.3) is 5.91 Å². The molecule has 1 aromatic carbocycles. The fourth-order valence-electron chi connectivity index (χ4n) is 4.56. The zero-order chi connectivity index (χ0) is 32.3. The Hall–Kier alpha value is -3.90. The summed E-state index contributed by atoms with van der Waals surface area (Å²) in [6, 6.07) is 9.52. The second-order valence-electron chi connectivity index (χ2n) is 12.2. The van der Waals surface area contributed by atoms with Crippen LogP contribution in [0, 0.1) is 0 Å². The number of aryl methyl sites for hydroxylation is 1. The summed E-state index contributed by atoms with van der Waals surface area (Å²) in [7, 11) is 0. The van der Waals surface area contributed by atoms with Crippen LogP contribution in [0.15, 0.2) is 36.4 Å². The first-order valence-corrected chi connectivity index (χ1v) is 15.1. The Kier molecular flexibility index (Phi) is 12.4. The van der Waals surface area contributed by atoms with Crippen LogP contribution in [0.4, 0.5) is 4.79 Å². The average Bonchev–Trinajstić information content (AvgIpc) is 2.98. The van der Waals surface area contributed by atoms with Crippen molar-refractivity contribution >= 4 is 23.9 Å². The lowest BCUT2D eigenvalue weighted by Gasteiger charge is -2.27. The summed E-state index contributed by atoms with van der Waals surface area (Å²) in [6.07, 6.45) is 0.0297. The molecule has 2 N–H and O–H groups in total. The van der Waals surface area contributed by atoms with Gasteiger partial charge in [-0.1, -0.05) is 30.3 Å². The Balaban J connectivity index is 1.85. The van der Waals surface area contributed by atoms with Crippen molar-refractivity contribution in [1.29, 1.82) is 0 Å². The van der Waals surface area contributed by atoms with Crippen LogP contribution >= 0.6 is 0 Å². The summed E-state index contributed by atoms with van der Waals surface area (Å²) in [5.41, 5.74) is 0.249. The molecule has 2 aromatic rings. The molecule has 12 heteroatoms. The summed E-state index contributed by atoms with van der Waals surface area (Å²) >= 11 is 0. The van der Waals surface area contributed by atoms with Gasteiger partial charge in [-0.3, -0.25) is 9.59 Å². The number of piperazine rings is 1. The lowest BCUT2D eigenvalue weighted by atomic mass is 10.0. The first-order chi connectivity index (χ1) is 20.8. The Morgan fingerprint density at radius 2 is 1.70 bits per heavy atom. The maximum atomic E-state index is 13.6. The van der Waals surface area contributed by atoms with Gasteiger partial charge in [0.1, 0.15) is 17.3 Å². The van der Waals surface area contributed by atoms with E-state index < -0.39 is 41.2 Å². The predicted octanol–water partition coefficient (Wildman–Crippen LogP) is 3.68. The molecule has 1 unspecified atom stereocenters. The van der Waals surface area contributed by atoms with E-state index in [1.54, 1.807) is 26.8 Å². The van der Waals surface area contributed by atoms with E-state index >= 15 is 0 Å². The van der Waals surface area contributed by atoms with Gasteiger partial charge in [0.2, 0.25) is 0 Å². The van der Waals surface area contributed by atoms with Gasteiger partial charge >= 0.3 is 18.0 Å². The zero-order valence-corrected chi connectivity index (χ0v) is 26.6. The minimum atomic E-state index is -1.31. The van der Waals surface area contributed by atoms with Crippen molar-refractivity contribution in [3.8, 4) is 11.4 Å². The smallest absolute Gasteiger partial charge is 0.417 e. The van der Waals surface area contributed by atoms with Gasteiger partial charge in [0.05, 0.1) is 5.60 Å². The van der Waals surface area contributed by atoms with Gasteiger partial charge < -0.3 is 29.7 Å². The van der Waals surface area contributed by atoms with Gasteiger partial charge in [-0.05, 0) is 66.9 Å². The highest BCUT2D eigenvalue weighted by atomic mass is 16.6. The van der Waals surface area contributed by atoms with Crippen LogP contribution in [0.3, 0.4) is 0 Å². The van der Waals surface area contributed by atoms with Gasteiger partial charge in [-0.25, -0.2) is 19.6 Å². The molecule has 1 atom stereocenters. The van der Waals surface area contributed by atoms with Gasteiger partial charge in [-0.15, -0.1) is 0 Å². The number of nitrogens with zero attached hydrogens (tertiary/aromatic N) is 3. The number of carbonyl (C=O) groups excluding carboxylic acids is 4. The summed E-state index contributed by atoms with van der Waals surface area (Å²) in [6.45, 7) is 13.6. The number of carbonyl (C=O) groups is 4. The minimum absolute atomic E-state index is 0.0339. The fraction of sp³-hybridized carbons (Fsp3) is 0.562. The van der Waals surface area contributed by atoms with Crippen LogP contribution in [0.1, 0.15) is 77.0 Å². The van der Waals surface area contributed by atoms with E-state index in [0.29, 0.717) is 57.1 Å². The van der Waals surface area contributed by atoms with Gasteiger partial charge in [0, 0.05) is 50.5 Å². The number of rotatable bonds is 12. The SMILES string of the molecule is CCOC(C)(C)CCc1cc(C(=O)NC(CCC(=O)OC(C)(C)C)C(=O)OC(=O)N2CCNCC2)nc(-c2ccccc2)n1. The molecular weight excluding hydrogens is 566 g/mol. The molecule has 0 radical (unpaired) electrons. The quantitative estimate of drug-likeness (QED) is 0.269. The lowest BCUT2D eigenvalue weighted by Crippen LogP contribution is -2.49. The van der Waals surface area contributed by atoms with E-state index in [2.05, 4.69) is 15.6 Å². The van der Waals surface area contributed by atoms with Crippen molar-refractivity contribution in [3.63, 3.8) is 0 Å². The maximum absolute atomic E-state index is 13.6. The molecule has 1 saturated heterocycles. The number of esters is 2. The third-order valence-corrected chi connectivity index (χ3v) is 6.77. The standard InChI is InChI=1S/C32H45N5O7/c1-7-42-32(5,6)16-15-23-21-25(35-27(34-23)22-11-9-8-10-12-22)28(39)36-24(13-14-26(38)44-31(2,3)4)29(40)43-30(41)37-19-17-33-18-20-37/h8-12,21,24,33H,7,13-20H2,1-6H3,(H,36,39). The van der Waals surface area contributed by atoms with Gasteiger partial charge in [-0.2, -0.15) is 0 Å². The number of hydrogen-bond acceptors (Lipinski definition) is 10.